The second-order valence-corrected chi connectivity index (χ2v) is 9.38. The smallest absolute Gasteiger partial charge is 0.174 e. The van der Waals surface area contributed by atoms with Crippen molar-refractivity contribution in [2.24, 2.45) is 17.8 Å². The molecule has 134 valence electrons. The molecule has 2 heterocycles. The summed E-state index contributed by atoms with van der Waals surface area (Å²) in [5, 5.41) is 0. The monoisotopic (exact) mass is 344 g/mol. The zero-order chi connectivity index (χ0) is 17.1. The molecule has 3 unspecified atom stereocenters. The molecular weight excluding hydrogens is 310 g/mol. The molecule has 0 aromatic heterocycles. The lowest BCUT2D eigenvalue weighted by molar-refractivity contribution is 0.0194. The fourth-order valence-corrected chi connectivity index (χ4v) is 5.99. The van der Waals surface area contributed by atoms with Crippen molar-refractivity contribution in [1.29, 1.82) is 0 Å². The van der Waals surface area contributed by atoms with Crippen LogP contribution in [0.2, 0.25) is 0 Å². The van der Waals surface area contributed by atoms with Gasteiger partial charge in [-0.2, -0.15) is 0 Å². The largest absolute Gasteiger partial charge is 0.378 e. The van der Waals surface area contributed by atoms with Crippen LogP contribution >= 0.6 is 8.38 Å². The third-order valence-corrected chi connectivity index (χ3v) is 7.42. The first-order chi connectivity index (χ1) is 10.9. The van der Waals surface area contributed by atoms with Gasteiger partial charge < -0.3 is 18.5 Å². The summed E-state index contributed by atoms with van der Waals surface area (Å²) in [5.74, 6) is 1.52. The topological polar surface area (TPSA) is 36.9 Å². The summed E-state index contributed by atoms with van der Waals surface area (Å²) < 4.78 is 24.9. The lowest BCUT2D eigenvalue weighted by atomic mass is 9.92. The van der Waals surface area contributed by atoms with Crippen LogP contribution in [-0.4, -0.2) is 51.0 Å². The van der Waals surface area contributed by atoms with Crippen molar-refractivity contribution in [3.8, 4) is 0 Å². The average molecular weight is 344 g/mol. The van der Waals surface area contributed by atoms with Crippen molar-refractivity contribution in [3.63, 3.8) is 0 Å². The summed E-state index contributed by atoms with van der Waals surface area (Å²) >= 11 is 0. The van der Waals surface area contributed by atoms with Gasteiger partial charge in [-0.25, -0.2) is 0 Å². The first kappa shape index (κ1) is 19.7. The fourth-order valence-electron chi connectivity index (χ4n) is 3.75. The van der Waals surface area contributed by atoms with Crippen LogP contribution in [0.1, 0.15) is 48.0 Å². The predicted octanol–water partition coefficient (Wildman–Crippen LogP) is 3.18. The van der Waals surface area contributed by atoms with Gasteiger partial charge in [0.05, 0.1) is 25.3 Å². The highest BCUT2D eigenvalue weighted by Crippen LogP contribution is 2.53. The summed E-state index contributed by atoms with van der Waals surface area (Å²) in [7, 11) is 1.16. The Labute approximate surface area is 144 Å². The zero-order valence-electron chi connectivity index (χ0n) is 15.8. The van der Waals surface area contributed by atoms with E-state index in [1.165, 1.54) is 0 Å². The zero-order valence-corrected chi connectivity index (χ0v) is 16.7. The molecule has 0 aromatic rings. The summed E-state index contributed by atoms with van der Waals surface area (Å²) in [4.78, 5) is 0. The van der Waals surface area contributed by atoms with Crippen LogP contribution < -0.4 is 0 Å². The third kappa shape index (κ3) is 4.49. The van der Waals surface area contributed by atoms with Gasteiger partial charge in [-0.1, -0.05) is 41.5 Å². The van der Waals surface area contributed by atoms with Gasteiger partial charge in [-0.15, -0.1) is 0 Å². The Morgan fingerprint density at radius 2 is 1.83 bits per heavy atom. The molecule has 0 spiro atoms. The summed E-state index contributed by atoms with van der Waals surface area (Å²) in [6, 6.07) is 0.0722. The summed E-state index contributed by atoms with van der Waals surface area (Å²) in [6.45, 7) is 14.9. The average Bonchev–Trinajstić information content (AvgIpc) is 2.96. The van der Waals surface area contributed by atoms with E-state index in [-0.39, 0.29) is 24.3 Å². The van der Waals surface area contributed by atoms with E-state index in [0.29, 0.717) is 23.4 Å². The van der Waals surface area contributed by atoms with Gasteiger partial charge >= 0.3 is 0 Å². The molecule has 2 rings (SSSR count). The molecule has 2 aliphatic heterocycles. The maximum atomic E-state index is 6.57. The molecule has 0 radical (unpaired) electrons. The van der Waals surface area contributed by atoms with Crippen LogP contribution in [0.3, 0.4) is 0 Å². The number of ether oxygens (including phenoxy) is 2. The van der Waals surface area contributed by atoms with Crippen LogP contribution in [0.25, 0.3) is 0 Å². The molecule has 0 bridgehead atoms. The van der Waals surface area contributed by atoms with Gasteiger partial charge in [-0.05, 0) is 18.3 Å². The Hall–Kier alpha value is 0.335. The van der Waals surface area contributed by atoms with Crippen molar-refractivity contribution in [2.75, 3.05) is 13.2 Å². The first-order valence-electron chi connectivity index (χ1n) is 9.22. The summed E-state index contributed by atoms with van der Waals surface area (Å²) in [5.41, 5.74) is 0.432. The van der Waals surface area contributed by atoms with Gasteiger partial charge in [0.15, 0.2) is 8.38 Å². The predicted molar refractivity (Wildman–Crippen MR) is 97.6 cm³/mol. The van der Waals surface area contributed by atoms with E-state index in [9.17, 15) is 0 Å². The molecule has 0 aromatic carbocycles. The van der Waals surface area contributed by atoms with Gasteiger partial charge in [0.25, 0.3) is 0 Å². The fraction of sp³-hybridized carbons (Fsp3) is 1.00. The first-order valence-corrected chi connectivity index (χ1v) is 10.5. The molecule has 0 N–H and O–H groups in total. The van der Waals surface area contributed by atoms with E-state index in [1.54, 1.807) is 0 Å². The minimum atomic E-state index is -0.944. The summed E-state index contributed by atoms with van der Waals surface area (Å²) in [6.07, 6.45) is 1.25. The van der Waals surface area contributed by atoms with Crippen molar-refractivity contribution >= 4 is 16.2 Å². The minimum absolute atomic E-state index is 0.00656. The van der Waals surface area contributed by atoms with Crippen molar-refractivity contribution < 1.29 is 18.5 Å². The van der Waals surface area contributed by atoms with E-state index >= 15 is 0 Å². The molecular formula is C17H34BO4P. The lowest BCUT2D eigenvalue weighted by Gasteiger charge is -2.35. The molecule has 6 heteroatoms. The molecule has 23 heavy (non-hydrogen) atoms. The maximum Gasteiger partial charge on any atom is 0.174 e. The lowest BCUT2D eigenvalue weighted by Crippen LogP contribution is -2.36. The molecule has 0 amide bonds. The Balaban J connectivity index is 2.10. The van der Waals surface area contributed by atoms with E-state index < -0.39 is 8.38 Å². The van der Waals surface area contributed by atoms with Crippen LogP contribution in [0.5, 0.6) is 0 Å². The van der Waals surface area contributed by atoms with Gasteiger partial charge in [0, 0.05) is 11.6 Å². The SMILES string of the molecule is B[C@@H]1OC2C(OC[C@H]2C)[C@H]1OP(OCCC)C(C(C)C)C(C)C. The van der Waals surface area contributed by atoms with Gasteiger partial charge in [0.2, 0.25) is 0 Å². The van der Waals surface area contributed by atoms with E-state index in [0.717, 1.165) is 19.6 Å². The van der Waals surface area contributed by atoms with Crippen molar-refractivity contribution in [3.05, 3.63) is 0 Å². The quantitative estimate of drug-likeness (QED) is 0.501. The molecule has 6 atom stereocenters. The van der Waals surface area contributed by atoms with Crippen LogP contribution in [0, 0.1) is 17.8 Å². The number of fused-ring (bicyclic) bond motifs is 1. The maximum absolute atomic E-state index is 6.57. The van der Waals surface area contributed by atoms with Gasteiger partial charge in [-0.3, -0.25) is 0 Å². The van der Waals surface area contributed by atoms with E-state index in [2.05, 4.69) is 49.4 Å². The van der Waals surface area contributed by atoms with Crippen LogP contribution in [0.15, 0.2) is 0 Å². The normalized spacial score (nSPS) is 35.4. The second kappa shape index (κ2) is 8.62. The minimum Gasteiger partial charge on any atom is -0.378 e. The number of hydrogen-bond donors (Lipinski definition) is 0. The Bertz CT molecular complexity index is 361. The third-order valence-electron chi connectivity index (χ3n) is 4.85. The highest BCUT2D eigenvalue weighted by molar-refractivity contribution is 7.48. The number of hydrogen-bond acceptors (Lipinski definition) is 4. The highest BCUT2D eigenvalue weighted by Gasteiger charge is 2.51. The Morgan fingerprint density at radius 3 is 2.39 bits per heavy atom. The van der Waals surface area contributed by atoms with Crippen molar-refractivity contribution in [1.82, 2.24) is 0 Å². The molecule has 0 aliphatic carbocycles. The molecule has 2 aliphatic rings. The Morgan fingerprint density at radius 1 is 1.17 bits per heavy atom. The van der Waals surface area contributed by atoms with Crippen molar-refractivity contribution in [2.45, 2.75) is 77.9 Å². The standard InChI is InChI=1S/C17H34BO4P/c1-7-8-20-23(16(10(2)3)11(4)5)22-15-14-13(21-17(15)18)12(6)9-19-14/h10-17H,7-9,18H2,1-6H3/t12-,13?,14?,15-,17-,23?/m1/s1. The van der Waals surface area contributed by atoms with E-state index in [4.69, 9.17) is 18.5 Å². The molecule has 2 saturated heterocycles. The Kier molecular flexibility index (Phi) is 7.37. The van der Waals surface area contributed by atoms with E-state index in [1.807, 2.05) is 0 Å². The van der Waals surface area contributed by atoms with Gasteiger partial charge in [0.1, 0.15) is 20.1 Å². The second-order valence-electron chi connectivity index (χ2n) is 7.75. The van der Waals surface area contributed by atoms with Crippen LogP contribution in [0.4, 0.5) is 0 Å². The number of rotatable bonds is 8. The van der Waals surface area contributed by atoms with Crippen LogP contribution in [-0.2, 0) is 18.5 Å². The molecule has 0 saturated carbocycles. The molecule has 4 nitrogen and oxygen atoms in total. The molecule has 2 fully saturated rings. The highest BCUT2D eigenvalue weighted by atomic mass is 31.2.